The van der Waals surface area contributed by atoms with Gasteiger partial charge in [0, 0.05) is 11.6 Å². The Morgan fingerprint density at radius 1 is 1.43 bits per heavy atom. The molecule has 3 aromatic heterocycles. The minimum atomic E-state index is -1.03. The van der Waals surface area contributed by atoms with Gasteiger partial charge in [-0.1, -0.05) is 13.8 Å². The van der Waals surface area contributed by atoms with E-state index in [1.54, 1.807) is 19.9 Å². The molecule has 0 unspecified atom stereocenters. The number of aliphatic carboxylic acids is 1. The fourth-order valence-corrected chi connectivity index (χ4v) is 3.79. The van der Waals surface area contributed by atoms with Crippen LogP contribution in [0.25, 0.3) is 15.3 Å². The summed E-state index contributed by atoms with van der Waals surface area (Å²) in [5.74, 6) is -1.58. The maximum Gasteiger partial charge on any atom is 0.326 e. The van der Waals surface area contributed by atoms with E-state index in [0.29, 0.717) is 4.88 Å². The van der Waals surface area contributed by atoms with Crippen molar-refractivity contribution in [1.82, 2.24) is 14.7 Å². The molecule has 21 heavy (non-hydrogen) atoms. The van der Waals surface area contributed by atoms with Gasteiger partial charge in [-0.05, 0) is 12.0 Å². The molecular formula is C13H13N3O3S2. The van der Waals surface area contributed by atoms with Crippen molar-refractivity contribution in [2.75, 3.05) is 0 Å². The van der Waals surface area contributed by atoms with Crippen LogP contribution in [0.3, 0.4) is 0 Å². The normalized spacial score (nSPS) is 13.1. The number of fused-ring (bicyclic) bond motifs is 3. The number of aromatic nitrogens is 2. The Labute approximate surface area is 128 Å². The predicted octanol–water partition coefficient (Wildman–Crippen LogP) is 2.45. The third kappa shape index (κ3) is 2.40. The summed E-state index contributed by atoms with van der Waals surface area (Å²) < 4.78 is 1.92. The van der Waals surface area contributed by atoms with Crippen molar-refractivity contribution in [1.29, 1.82) is 0 Å². The lowest BCUT2D eigenvalue weighted by molar-refractivity contribution is -0.140. The van der Waals surface area contributed by atoms with Crippen molar-refractivity contribution in [2.45, 2.75) is 19.9 Å². The molecule has 0 saturated heterocycles. The van der Waals surface area contributed by atoms with E-state index in [9.17, 15) is 9.59 Å². The second-order valence-electron chi connectivity index (χ2n) is 5.00. The first-order valence-corrected chi connectivity index (χ1v) is 8.05. The molecule has 2 N–H and O–H groups in total. The average molecular weight is 323 g/mol. The van der Waals surface area contributed by atoms with E-state index in [1.807, 2.05) is 16.0 Å². The van der Waals surface area contributed by atoms with E-state index in [2.05, 4.69) is 10.3 Å². The van der Waals surface area contributed by atoms with Gasteiger partial charge in [-0.15, -0.1) is 22.7 Å². The lowest BCUT2D eigenvalue weighted by Crippen LogP contribution is -2.44. The van der Waals surface area contributed by atoms with E-state index >= 15 is 0 Å². The number of rotatable bonds is 4. The lowest BCUT2D eigenvalue weighted by Gasteiger charge is -2.17. The zero-order valence-electron chi connectivity index (χ0n) is 11.4. The molecule has 0 aliphatic carbocycles. The highest BCUT2D eigenvalue weighted by Gasteiger charge is 2.25. The zero-order chi connectivity index (χ0) is 15.1. The number of hydrogen-bond donors (Lipinski definition) is 2. The number of nitrogens with one attached hydrogen (secondary N) is 1. The number of amides is 1. The van der Waals surface area contributed by atoms with Crippen LogP contribution in [-0.4, -0.2) is 32.4 Å². The number of hydrogen-bond acceptors (Lipinski definition) is 5. The lowest BCUT2D eigenvalue weighted by atomic mass is 10.0. The van der Waals surface area contributed by atoms with Gasteiger partial charge in [-0.2, -0.15) is 0 Å². The van der Waals surface area contributed by atoms with Crippen LogP contribution in [0.1, 0.15) is 23.5 Å². The van der Waals surface area contributed by atoms with Crippen molar-refractivity contribution in [3.05, 3.63) is 22.5 Å². The van der Waals surface area contributed by atoms with Crippen molar-refractivity contribution >= 4 is 49.9 Å². The number of imidazole rings is 1. The molecule has 110 valence electrons. The van der Waals surface area contributed by atoms with Gasteiger partial charge in [0.25, 0.3) is 5.91 Å². The smallest absolute Gasteiger partial charge is 0.326 e. The molecule has 0 radical (unpaired) electrons. The molecule has 8 heteroatoms. The van der Waals surface area contributed by atoms with Crippen LogP contribution in [0.15, 0.2) is 17.6 Å². The fourth-order valence-electron chi connectivity index (χ4n) is 2.09. The highest BCUT2D eigenvalue weighted by atomic mass is 32.1. The number of thiazole rings is 1. The Balaban J connectivity index is 1.90. The van der Waals surface area contributed by atoms with Crippen LogP contribution in [0.5, 0.6) is 0 Å². The standard InChI is InChI=1S/C13H13N3O3S2/c1-6(2)9(12(18)19)14-10(17)8-5-7-11(21-8)15-13-16(7)3-4-20-13/h3-6,9H,1-2H3,(H,14,17)(H,18,19)/t9-/m0/s1. The SMILES string of the molecule is CC(C)[C@H](NC(=O)c1cc2c(nc3sccn32)s1)C(=O)O. The molecule has 1 amide bonds. The van der Waals surface area contributed by atoms with Crippen LogP contribution in [-0.2, 0) is 4.79 Å². The highest BCUT2D eigenvalue weighted by Crippen LogP contribution is 2.28. The molecule has 0 spiro atoms. The van der Waals surface area contributed by atoms with E-state index in [-0.39, 0.29) is 11.8 Å². The maximum absolute atomic E-state index is 12.2. The van der Waals surface area contributed by atoms with Gasteiger partial charge < -0.3 is 10.4 Å². The van der Waals surface area contributed by atoms with Gasteiger partial charge in [0.05, 0.1) is 10.4 Å². The summed E-state index contributed by atoms with van der Waals surface area (Å²) in [4.78, 5) is 29.9. The molecular weight excluding hydrogens is 310 g/mol. The molecule has 0 aliphatic rings. The van der Waals surface area contributed by atoms with Crippen LogP contribution >= 0.6 is 22.7 Å². The molecule has 6 nitrogen and oxygen atoms in total. The molecule has 0 aliphatic heterocycles. The van der Waals surface area contributed by atoms with E-state index < -0.39 is 12.0 Å². The summed E-state index contributed by atoms with van der Waals surface area (Å²) in [7, 11) is 0. The summed E-state index contributed by atoms with van der Waals surface area (Å²) in [6, 6.07) is 0.858. The zero-order valence-corrected chi connectivity index (χ0v) is 13.0. The van der Waals surface area contributed by atoms with E-state index in [1.165, 1.54) is 22.7 Å². The second-order valence-corrected chi connectivity index (χ2v) is 6.91. The highest BCUT2D eigenvalue weighted by molar-refractivity contribution is 7.21. The molecule has 0 aromatic carbocycles. The van der Waals surface area contributed by atoms with Crippen LogP contribution in [0.2, 0.25) is 0 Å². The summed E-state index contributed by atoms with van der Waals surface area (Å²) in [5.41, 5.74) is 0.873. The van der Waals surface area contributed by atoms with Crippen molar-refractivity contribution < 1.29 is 14.7 Å². The largest absolute Gasteiger partial charge is 0.480 e. The third-order valence-corrected chi connectivity index (χ3v) is 4.96. The summed E-state index contributed by atoms with van der Waals surface area (Å²) >= 11 is 2.80. The molecule has 3 aromatic rings. The fraction of sp³-hybridized carbons (Fsp3) is 0.308. The first-order valence-electron chi connectivity index (χ1n) is 6.36. The molecule has 0 saturated carbocycles. The van der Waals surface area contributed by atoms with Crippen LogP contribution in [0, 0.1) is 5.92 Å². The molecule has 3 rings (SSSR count). The van der Waals surface area contributed by atoms with E-state index in [0.717, 1.165) is 15.3 Å². The number of carbonyl (C=O) groups is 2. The van der Waals surface area contributed by atoms with Gasteiger partial charge >= 0.3 is 5.97 Å². The van der Waals surface area contributed by atoms with Crippen LogP contribution in [0.4, 0.5) is 0 Å². The van der Waals surface area contributed by atoms with Gasteiger partial charge in [0.15, 0.2) is 4.96 Å². The Kier molecular flexibility index (Phi) is 3.42. The Hall–Kier alpha value is -1.93. The van der Waals surface area contributed by atoms with Gasteiger partial charge in [0.2, 0.25) is 0 Å². The first kappa shape index (κ1) is 14.0. The maximum atomic E-state index is 12.2. The van der Waals surface area contributed by atoms with Crippen molar-refractivity contribution in [3.63, 3.8) is 0 Å². The molecule has 0 fully saturated rings. The Morgan fingerprint density at radius 3 is 2.86 bits per heavy atom. The monoisotopic (exact) mass is 323 g/mol. The predicted molar refractivity (Wildman–Crippen MR) is 82.2 cm³/mol. The summed E-state index contributed by atoms with van der Waals surface area (Å²) in [5, 5.41) is 13.6. The molecule has 0 bridgehead atoms. The van der Waals surface area contributed by atoms with Crippen molar-refractivity contribution in [2.24, 2.45) is 5.92 Å². The van der Waals surface area contributed by atoms with E-state index in [4.69, 9.17) is 5.11 Å². The minimum absolute atomic E-state index is 0.180. The Morgan fingerprint density at radius 2 is 2.19 bits per heavy atom. The molecule has 1 atom stereocenters. The van der Waals surface area contributed by atoms with Gasteiger partial charge in [-0.25, -0.2) is 9.78 Å². The second kappa shape index (κ2) is 5.12. The first-order chi connectivity index (χ1) is 9.97. The van der Waals surface area contributed by atoms with Crippen molar-refractivity contribution in [3.8, 4) is 0 Å². The minimum Gasteiger partial charge on any atom is -0.480 e. The Bertz CT molecular complexity index is 830. The number of thiophene rings is 1. The number of carboxylic acids is 1. The summed E-state index contributed by atoms with van der Waals surface area (Å²) in [6.45, 7) is 3.52. The average Bonchev–Trinajstić information content (AvgIpc) is 3.05. The van der Waals surface area contributed by atoms with Gasteiger partial charge in [-0.3, -0.25) is 9.20 Å². The molecule has 3 heterocycles. The number of carbonyl (C=O) groups excluding carboxylic acids is 1. The van der Waals surface area contributed by atoms with Crippen LogP contribution < -0.4 is 5.32 Å². The third-order valence-electron chi connectivity index (χ3n) is 3.18. The summed E-state index contributed by atoms with van der Waals surface area (Å²) in [6.07, 6.45) is 1.90. The number of nitrogens with zero attached hydrogens (tertiary/aromatic N) is 2. The topological polar surface area (TPSA) is 83.7 Å². The quantitative estimate of drug-likeness (QED) is 0.772. The number of carboxylic acid groups (broad SMARTS) is 1. The van der Waals surface area contributed by atoms with Gasteiger partial charge in [0.1, 0.15) is 10.9 Å².